The molecule has 8 nitrogen and oxygen atoms in total. The molecule has 44 heavy (non-hydrogen) atoms. The molecule has 0 fully saturated rings. The molecule has 0 aromatic heterocycles. The van der Waals surface area contributed by atoms with Crippen molar-refractivity contribution < 1.29 is 24.1 Å². The third kappa shape index (κ3) is 6.17. The third-order valence-corrected chi connectivity index (χ3v) is 7.19. The molecule has 6 aromatic carbocycles. The first-order chi connectivity index (χ1) is 21.6. The highest BCUT2D eigenvalue weighted by Gasteiger charge is 2.30. The molecule has 0 saturated carbocycles. The van der Waals surface area contributed by atoms with Crippen molar-refractivity contribution in [2.24, 2.45) is 5.11 Å². The first kappa shape index (κ1) is 28.3. The van der Waals surface area contributed by atoms with Gasteiger partial charge in [0.05, 0.1) is 6.10 Å². The molecule has 6 aromatic rings. The average Bonchev–Trinajstić information content (AvgIpc) is 3.07. The van der Waals surface area contributed by atoms with Crippen LogP contribution in [0.5, 0.6) is 23.0 Å². The van der Waals surface area contributed by atoms with Crippen LogP contribution < -0.4 is 9.47 Å². The van der Waals surface area contributed by atoms with Gasteiger partial charge in [-0.25, -0.2) is 0 Å². The average molecular weight is 582 g/mol. The van der Waals surface area contributed by atoms with E-state index in [1.165, 1.54) is 0 Å². The molecule has 0 amide bonds. The number of aliphatic hydroxyl groups excluding tert-OH is 1. The smallest absolute Gasteiger partial charge is 0.318 e. The van der Waals surface area contributed by atoms with E-state index in [-0.39, 0.29) is 12.2 Å². The molecule has 0 bridgehead atoms. The molecule has 8 heteroatoms. The van der Waals surface area contributed by atoms with E-state index in [1.54, 1.807) is 30.3 Å². The third-order valence-electron chi connectivity index (χ3n) is 7.19. The molecule has 0 aliphatic heterocycles. The number of azide groups is 1. The van der Waals surface area contributed by atoms with Crippen LogP contribution in [0.3, 0.4) is 0 Å². The van der Waals surface area contributed by atoms with Gasteiger partial charge in [0, 0.05) is 15.7 Å². The van der Waals surface area contributed by atoms with Gasteiger partial charge in [0.15, 0.2) is 17.5 Å². The fraction of sp³-hybridized carbons (Fsp3) is 0.0833. The lowest BCUT2D eigenvalue weighted by Gasteiger charge is -2.20. The van der Waals surface area contributed by atoms with E-state index in [0.717, 1.165) is 27.1 Å². The van der Waals surface area contributed by atoms with Crippen LogP contribution in [0.1, 0.15) is 17.2 Å². The summed E-state index contributed by atoms with van der Waals surface area (Å²) in [6, 6.07) is 39.6. The van der Waals surface area contributed by atoms with Crippen LogP contribution in [-0.4, -0.2) is 17.1 Å². The van der Waals surface area contributed by atoms with Crippen LogP contribution in [0.15, 0.2) is 139 Å². The van der Waals surface area contributed by atoms with E-state index in [4.69, 9.17) is 14.2 Å². The van der Waals surface area contributed by atoms with E-state index in [1.807, 2.05) is 103 Å². The maximum atomic E-state index is 13.0. The Bertz CT molecular complexity index is 1980. The van der Waals surface area contributed by atoms with Gasteiger partial charge in [-0.1, -0.05) is 114 Å². The van der Waals surface area contributed by atoms with E-state index in [2.05, 4.69) is 10.0 Å². The number of carbonyl (C=O) groups excluding carboxylic acids is 1. The Hall–Kier alpha value is -5.82. The largest absolute Gasteiger partial charge is 0.460 e. The van der Waals surface area contributed by atoms with E-state index in [0.29, 0.717) is 23.0 Å². The van der Waals surface area contributed by atoms with Gasteiger partial charge in [-0.3, -0.25) is 4.79 Å². The molecule has 216 valence electrons. The summed E-state index contributed by atoms with van der Waals surface area (Å²) < 4.78 is 18.2. The summed E-state index contributed by atoms with van der Waals surface area (Å²) in [4.78, 5) is 15.8. The summed E-state index contributed by atoms with van der Waals surface area (Å²) in [5, 5.41) is 18.7. The number of hydrogen-bond donors (Lipinski definition) is 1. The lowest BCUT2D eigenvalue weighted by atomic mass is 10.0. The molecule has 0 spiro atoms. The second kappa shape index (κ2) is 13.0. The second-order valence-corrected chi connectivity index (χ2v) is 10.1. The van der Waals surface area contributed by atoms with Crippen molar-refractivity contribution in [1.29, 1.82) is 0 Å². The number of rotatable bonds is 10. The summed E-state index contributed by atoms with van der Waals surface area (Å²) in [7, 11) is 0. The zero-order valence-corrected chi connectivity index (χ0v) is 23.5. The zero-order valence-electron chi connectivity index (χ0n) is 23.5. The fourth-order valence-electron chi connectivity index (χ4n) is 4.97. The molecule has 0 aliphatic carbocycles. The van der Waals surface area contributed by atoms with Crippen molar-refractivity contribution in [2.45, 2.75) is 18.8 Å². The summed E-state index contributed by atoms with van der Waals surface area (Å²) in [6.07, 6.45) is -1.52. The summed E-state index contributed by atoms with van der Waals surface area (Å²) in [6.45, 7) is -0.0307. The standard InChI is InChI=1S/C36H27N3O5/c37-39-38-34(36(41)42-23-24-10-2-1-3-11-24)35(40)27-20-21-32(43-30-18-8-14-25-12-4-6-16-28(25)30)33(22-27)44-31-19-9-15-26-13-5-7-17-29(26)31/h1-22,34-35,40H,23H2. The molecule has 2 unspecified atom stereocenters. The maximum Gasteiger partial charge on any atom is 0.318 e. The number of carbonyl (C=O) groups is 1. The van der Waals surface area contributed by atoms with E-state index in [9.17, 15) is 15.4 Å². The Kier molecular flexibility index (Phi) is 8.36. The topological polar surface area (TPSA) is 114 Å². The first-order valence-corrected chi connectivity index (χ1v) is 14.0. The van der Waals surface area contributed by atoms with E-state index < -0.39 is 18.1 Å². The monoisotopic (exact) mass is 581 g/mol. The van der Waals surface area contributed by atoms with Crippen molar-refractivity contribution >= 4 is 27.5 Å². The zero-order chi connectivity index (χ0) is 30.3. The minimum Gasteiger partial charge on any atom is -0.460 e. The van der Waals surface area contributed by atoms with Gasteiger partial charge in [0.25, 0.3) is 0 Å². The Labute approximate surface area is 253 Å². The lowest BCUT2D eigenvalue weighted by molar-refractivity contribution is -0.149. The Balaban J connectivity index is 1.36. The number of ether oxygens (including phenoxy) is 3. The maximum absolute atomic E-state index is 13.0. The Morgan fingerprint density at radius 2 is 1.25 bits per heavy atom. The van der Waals surface area contributed by atoms with Crippen molar-refractivity contribution in [2.75, 3.05) is 0 Å². The summed E-state index contributed by atoms with van der Waals surface area (Å²) in [5.74, 6) is 1.02. The molecule has 0 heterocycles. The van der Waals surface area contributed by atoms with Crippen molar-refractivity contribution in [1.82, 2.24) is 0 Å². The van der Waals surface area contributed by atoms with Crippen molar-refractivity contribution in [3.63, 3.8) is 0 Å². The Morgan fingerprint density at radius 1 is 0.682 bits per heavy atom. The van der Waals surface area contributed by atoms with Gasteiger partial charge in [-0.15, -0.1) is 0 Å². The molecular formula is C36H27N3O5. The molecule has 6 rings (SSSR count). The highest BCUT2D eigenvalue weighted by molar-refractivity contribution is 5.89. The van der Waals surface area contributed by atoms with E-state index >= 15 is 0 Å². The highest BCUT2D eigenvalue weighted by atomic mass is 16.5. The van der Waals surface area contributed by atoms with Crippen LogP contribution in [0.2, 0.25) is 0 Å². The van der Waals surface area contributed by atoms with Gasteiger partial charge in [0.2, 0.25) is 0 Å². The molecule has 0 saturated heterocycles. The fourth-order valence-corrected chi connectivity index (χ4v) is 4.97. The van der Waals surface area contributed by atoms with Gasteiger partial charge in [-0.2, -0.15) is 0 Å². The molecule has 2 atom stereocenters. The number of hydrogen-bond acceptors (Lipinski definition) is 6. The summed E-state index contributed by atoms with van der Waals surface area (Å²) >= 11 is 0. The molecule has 1 N–H and O–H groups in total. The minimum atomic E-state index is -1.53. The van der Waals surface area contributed by atoms with Crippen LogP contribution in [-0.2, 0) is 16.1 Å². The van der Waals surface area contributed by atoms with Gasteiger partial charge >= 0.3 is 5.97 Å². The van der Waals surface area contributed by atoms with Crippen molar-refractivity contribution in [3.05, 3.63) is 155 Å². The predicted octanol–water partition coefficient (Wildman–Crippen LogP) is 9.03. The highest BCUT2D eigenvalue weighted by Crippen LogP contribution is 2.41. The van der Waals surface area contributed by atoms with Gasteiger partial charge < -0.3 is 19.3 Å². The normalized spacial score (nSPS) is 12.2. The SMILES string of the molecule is [N-]=[N+]=NC(C(=O)OCc1ccccc1)C(O)c1ccc(Oc2cccc3ccccc23)c(Oc2cccc3ccccc23)c1. The second-order valence-electron chi connectivity index (χ2n) is 10.1. The quantitative estimate of drug-likeness (QED) is 0.0750. The summed E-state index contributed by atoms with van der Waals surface area (Å²) in [5.41, 5.74) is 10.2. The number of aliphatic hydroxyl groups is 1. The van der Waals surface area contributed by atoms with Crippen LogP contribution >= 0.6 is 0 Å². The van der Waals surface area contributed by atoms with Gasteiger partial charge in [-0.05, 0) is 51.7 Å². The van der Waals surface area contributed by atoms with Crippen molar-refractivity contribution in [3.8, 4) is 23.0 Å². The number of fused-ring (bicyclic) bond motifs is 2. The Morgan fingerprint density at radius 3 is 1.89 bits per heavy atom. The number of esters is 1. The molecule has 0 aliphatic rings. The molecular weight excluding hydrogens is 554 g/mol. The number of nitrogens with zero attached hydrogens (tertiary/aromatic N) is 3. The van der Waals surface area contributed by atoms with Crippen LogP contribution in [0.4, 0.5) is 0 Å². The van der Waals surface area contributed by atoms with Gasteiger partial charge in [0.1, 0.15) is 18.1 Å². The minimum absolute atomic E-state index is 0.0307. The predicted molar refractivity (Wildman–Crippen MR) is 169 cm³/mol. The number of benzene rings is 6. The van der Waals surface area contributed by atoms with Crippen LogP contribution in [0.25, 0.3) is 32.0 Å². The lowest BCUT2D eigenvalue weighted by Crippen LogP contribution is -2.28. The molecule has 0 radical (unpaired) electrons. The van der Waals surface area contributed by atoms with Crippen LogP contribution in [0, 0.1) is 0 Å². The first-order valence-electron chi connectivity index (χ1n) is 14.0.